The van der Waals surface area contributed by atoms with Crippen molar-refractivity contribution >= 4 is 45.3 Å². The van der Waals surface area contributed by atoms with E-state index in [1.54, 1.807) is 9.75 Å². The minimum Gasteiger partial charge on any atom is -0.139 e. The predicted molar refractivity (Wildman–Crippen MR) is 279 cm³/mol. The number of rotatable bonds is 39. The number of hydrogen-bond acceptors (Lipinski definition) is 4. The first kappa shape index (κ1) is 51.4. The fourth-order valence-corrected chi connectivity index (χ4v) is 13.8. The summed E-state index contributed by atoms with van der Waals surface area (Å²) in [5.41, 5.74) is 0. The number of hydrogen-bond donors (Lipinski definition) is 0. The molecule has 0 bridgehead atoms. The highest BCUT2D eigenvalue weighted by molar-refractivity contribution is 7.28. The molecule has 0 spiro atoms. The molecule has 2 unspecified atom stereocenters. The Morgan fingerprint density at radius 3 is 0.750 bits per heavy atom. The number of thiophene rings is 4. The standard InChI is InChI=1S/C56H90S4/c1-5-9-13-17-21-23-27-31-35-47(33-29-25-19-15-11-7-3)45-49-37-39-51(57-49)53-41-43-55(59-53)56-44-42-54(60-56)52-40-38-50(58-52)46-48(34-30-26-20-16-12-8-4)36-32-28-24-22-18-14-10-6-2/h37-44,47-48H,5-36,45-46H2,1-4H3. The molecule has 0 radical (unpaired) electrons. The Bertz CT molecular complexity index is 1450. The highest BCUT2D eigenvalue weighted by Crippen LogP contribution is 2.44. The molecule has 0 saturated carbocycles. The van der Waals surface area contributed by atoms with Crippen LogP contribution in [0.5, 0.6) is 0 Å². The third-order valence-corrected chi connectivity index (χ3v) is 18.1. The fraction of sp³-hybridized carbons (Fsp3) is 0.714. The van der Waals surface area contributed by atoms with Crippen molar-refractivity contribution in [2.75, 3.05) is 0 Å². The normalized spacial score (nSPS) is 12.8. The molecule has 0 aromatic carbocycles. The fourth-order valence-electron chi connectivity index (χ4n) is 9.27. The molecule has 0 N–H and O–H groups in total. The van der Waals surface area contributed by atoms with Crippen molar-refractivity contribution in [1.82, 2.24) is 0 Å². The molecular weight excluding hydrogens is 801 g/mol. The van der Waals surface area contributed by atoms with Crippen LogP contribution in [-0.4, -0.2) is 0 Å². The molecule has 0 aliphatic heterocycles. The average Bonchev–Trinajstić information content (AvgIpc) is 4.10. The van der Waals surface area contributed by atoms with Crippen LogP contribution in [0.2, 0.25) is 0 Å². The zero-order valence-corrected chi connectivity index (χ0v) is 42.7. The third-order valence-electron chi connectivity index (χ3n) is 13.1. The summed E-state index contributed by atoms with van der Waals surface area (Å²) in [6.07, 6.45) is 48.0. The first-order valence-corrected chi connectivity index (χ1v) is 29.3. The topological polar surface area (TPSA) is 0 Å². The second kappa shape index (κ2) is 33.3. The van der Waals surface area contributed by atoms with Crippen LogP contribution in [0.25, 0.3) is 29.3 Å². The van der Waals surface area contributed by atoms with E-state index in [1.165, 1.54) is 248 Å². The minimum absolute atomic E-state index is 0.852. The molecule has 0 fully saturated rings. The zero-order valence-electron chi connectivity index (χ0n) is 39.4. The summed E-state index contributed by atoms with van der Waals surface area (Å²) >= 11 is 8.14. The van der Waals surface area contributed by atoms with Crippen LogP contribution >= 0.6 is 45.3 Å². The van der Waals surface area contributed by atoms with Crippen molar-refractivity contribution in [1.29, 1.82) is 0 Å². The average molecular weight is 892 g/mol. The lowest BCUT2D eigenvalue weighted by atomic mass is 9.91. The molecule has 0 amide bonds. The Balaban J connectivity index is 1.29. The van der Waals surface area contributed by atoms with Crippen molar-refractivity contribution in [3.05, 3.63) is 58.3 Å². The van der Waals surface area contributed by atoms with Gasteiger partial charge in [0.2, 0.25) is 0 Å². The predicted octanol–water partition coefficient (Wildman–Crippen LogP) is 21.8. The van der Waals surface area contributed by atoms with Crippen molar-refractivity contribution in [2.45, 2.75) is 246 Å². The molecule has 2 atom stereocenters. The van der Waals surface area contributed by atoms with Crippen molar-refractivity contribution < 1.29 is 0 Å². The van der Waals surface area contributed by atoms with Gasteiger partial charge in [0.25, 0.3) is 0 Å². The second-order valence-electron chi connectivity index (χ2n) is 18.6. The van der Waals surface area contributed by atoms with Crippen molar-refractivity contribution in [3.8, 4) is 29.3 Å². The summed E-state index contributed by atoms with van der Waals surface area (Å²) in [6.45, 7) is 9.30. The summed E-state index contributed by atoms with van der Waals surface area (Å²) in [7, 11) is 0. The lowest BCUT2D eigenvalue weighted by Gasteiger charge is -2.16. The van der Waals surface area contributed by atoms with Gasteiger partial charge in [0.15, 0.2) is 0 Å². The molecule has 0 aliphatic carbocycles. The number of unbranched alkanes of at least 4 members (excludes halogenated alkanes) is 24. The van der Waals surface area contributed by atoms with Crippen LogP contribution in [-0.2, 0) is 12.8 Å². The minimum atomic E-state index is 0.852. The van der Waals surface area contributed by atoms with Crippen molar-refractivity contribution in [2.24, 2.45) is 11.8 Å². The van der Waals surface area contributed by atoms with Gasteiger partial charge in [-0.1, -0.05) is 233 Å². The van der Waals surface area contributed by atoms with Gasteiger partial charge in [-0.2, -0.15) is 0 Å². The van der Waals surface area contributed by atoms with Crippen LogP contribution in [0.1, 0.15) is 243 Å². The van der Waals surface area contributed by atoms with E-state index in [1.807, 2.05) is 22.7 Å². The summed E-state index contributed by atoms with van der Waals surface area (Å²) in [6, 6.07) is 19.3. The first-order chi connectivity index (χ1) is 29.6. The van der Waals surface area contributed by atoms with Gasteiger partial charge >= 0.3 is 0 Å². The molecule has 4 heterocycles. The summed E-state index contributed by atoms with van der Waals surface area (Å²) in [4.78, 5) is 11.9. The highest BCUT2D eigenvalue weighted by Gasteiger charge is 2.16. The van der Waals surface area contributed by atoms with Crippen LogP contribution < -0.4 is 0 Å². The van der Waals surface area contributed by atoms with E-state index >= 15 is 0 Å². The van der Waals surface area contributed by atoms with Gasteiger partial charge < -0.3 is 0 Å². The van der Waals surface area contributed by atoms with Gasteiger partial charge in [-0.3, -0.25) is 0 Å². The monoisotopic (exact) mass is 891 g/mol. The Labute approximate surface area is 388 Å². The molecule has 60 heavy (non-hydrogen) atoms. The van der Waals surface area contributed by atoms with Crippen LogP contribution in [0.15, 0.2) is 48.5 Å². The van der Waals surface area contributed by atoms with Gasteiger partial charge in [-0.25, -0.2) is 0 Å². The molecular formula is C56H90S4. The maximum atomic E-state index is 2.47. The van der Waals surface area contributed by atoms with E-state index in [-0.39, 0.29) is 0 Å². The lowest BCUT2D eigenvalue weighted by molar-refractivity contribution is 0.402. The molecule has 338 valence electrons. The smallest absolute Gasteiger partial charge is 0.0449 e. The SMILES string of the molecule is CCCCCCCCCCC(CCCCCCCC)Cc1ccc(-c2ccc(-c3ccc(-c4ccc(CC(CCCCCCCC)CCCCCCCCCC)s4)s3)s2)s1. The molecule has 4 aromatic heterocycles. The molecule has 0 nitrogen and oxygen atoms in total. The molecule has 0 aliphatic rings. The van der Waals surface area contributed by atoms with Gasteiger partial charge in [0.1, 0.15) is 0 Å². The summed E-state index contributed by atoms with van der Waals surface area (Å²) in [5.74, 6) is 1.70. The summed E-state index contributed by atoms with van der Waals surface area (Å²) < 4.78 is 0. The van der Waals surface area contributed by atoms with E-state index in [0.29, 0.717) is 0 Å². The van der Waals surface area contributed by atoms with Crippen molar-refractivity contribution in [3.63, 3.8) is 0 Å². The third kappa shape index (κ3) is 21.5. The van der Waals surface area contributed by atoms with E-state index in [0.717, 1.165) is 11.8 Å². The molecule has 4 aromatic rings. The molecule has 4 rings (SSSR count). The van der Waals surface area contributed by atoms with E-state index < -0.39 is 0 Å². The van der Waals surface area contributed by atoms with Crippen LogP contribution in [0, 0.1) is 11.8 Å². The Hall–Kier alpha value is -1.20. The van der Waals surface area contributed by atoms with Gasteiger partial charge in [0, 0.05) is 39.0 Å². The Kier molecular flexibility index (Phi) is 28.6. The van der Waals surface area contributed by atoms with Gasteiger partial charge in [-0.05, 0) is 73.2 Å². The Morgan fingerprint density at radius 1 is 0.267 bits per heavy atom. The van der Waals surface area contributed by atoms with E-state index in [4.69, 9.17) is 0 Å². The van der Waals surface area contributed by atoms with Crippen LogP contribution in [0.3, 0.4) is 0 Å². The van der Waals surface area contributed by atoms with Gasteiger partial charge in [0.05, 0.1) is 0 Å². The molecule has 4 heteroatoms. The quantitative estimate of drug-likeness (QED) is 0.0392. The maximum absolute atomic E-state index is 2.47. The zero-order chi connectivity index (χ0) is 42.3. The Morgan fingerprint density at radius 2 is 0.483 bits per heavy atom. The second-order valence-corrected chi connectivity index (χ2v) is 23.1. The molecule has 0 saturated heterocycles. The largest absolute Gasteiger partial charge is 0.139 e. The van der Waals surface area contributed by atoms with Gasteiger partial charge in [-0.15, -0.1) is 45.3 Å². The van der Waals surface area contributed by atoms with Crippen LogP contribution in [0.4, 0.5) is 0 Å². The van der Waals surface area contributed by atoms with E-state index in [9.17, 15) is 0 Å². The highest BCUT2D eigenvalue weighted by atomic mass is 32.1. The first-order valence-electron chi connectivity index (χ1n) is 26.0. The maximum Gasteiger partial charge on any atom is 0.0449 e. The lowest BCUT2D eigenvalue weighted by Crippen LogP contribution is -2.04. The van der Waals surface area contributed by atoms with E-state index in [2.05, 4.69) is 98.9 Å². The summed E-state index contributed by atoms with van der Waals surface area (Å²) in [5, 5.41) is 0.